The number of hydrogen-bond donors (Lipinski definition) is 1. The Morgan fingerprint density at radius 3 is 2.95 bits per heavy atom. The van der Waals surface area contributed by atoms with Crippen molar-refractivity contribution in [2.45, 2.75) is 33.2 Å². The number of nitrogens with zero attached hydrogens (tertiary/aromatic N) is 2. The van der Waals surface area contributed by atoms with Gasteiger partial charge in [0.15, 0.2) is 0 Å². The number of para-hydroxylation sites is 1. The molecular weight excluding hydrogens is 262 g/mol. The number of ether oxygens (including phenoxy) is 1. The summed E-state index contributed by atoms with van der Waals surface area (Å²) in [6.45, 7) is 6.35. The number of benzene rings is 1. The van der Waals surface area contributed by atoms with Crippen molar-refractivity contribution in [2.75, 3.05) is 13.2 Å². The van der Waals surface area contributed by atoms with Gasteiger partial charge in [-0.05, 0) is 44.4 Å². The summed E-state index contributed by atoms with van der Waals surface area (Å²) in [7, 11) is 0. The lowest BCUT2D eigenvalue weighted by Gasteiger charge is -2.37. The number of aryl methyl sites for hydroxylation is 2. The maximum Gasteiger partial charge on any atom is 0.122 e. The van der Waals surface area contributed by atoms with Crippen LogP contribution in [0.25, 0.3) is 0 Å². The Kier molecular flexibility index (Phi) is 3.72. The quantitative estimate of drug-likeness (QED) is 0.938. The van der Waals surface area contributed by atoms with Crippen molar-refractivity contribution >= 4 is 0 Å². The number of hydrogen-bond acceptors (Lipinski definition) is 3. The summed E-state index contributed by atoms with van der Waals surface area (Å²) in [6.07, 6.45) is 1.88. The lowest BCUT2D eigenvalue weighted by molar-refractivity contribution is 0.124. The molecule has 4 nitrogen and oxygen atoms in total. The highest BCUT2D eigenvalue weighted by Crippen LogP contribution is 2.36. The molecule has 0 saturated heterocycles. The molecule has 2 heterocycles. The fourth-order valence-electron chi connectivity index (χ4n) is 3.19. The van der Waals surface area contributed by atoms with Crippen molar-refractivity contribution in [1.82, 2.24) is 9.78 Å². The molecule has 0 radical (unpaired) electrons. The predicted molar refractivity (Wildman–Crippen MR) is 83.5 cm³/mol. The number of rotatable bonds is 4. The van der Waals surface area contributed by atoms with Gasteiger partial charge in [0.1, 0.15) is 5.75 Å². The van der Waals surface area contributed by atoms with E-state index < -0.39 is 0 Å². The van der Waals surface area contributed by atoms with Crippen LogP contribution in [0.3, 0.4) is 0 Å². The maximum atomic E-state index is 6.13. The van der Waals surface area contributed by atoms with Gasteiger partial charge < -0.3 is 10.5 Å². The van der Waals surface area contributed by atoms with Crippen molar-refractivity contribution in [3.8, 4) is 5.75 Å². The van der Waals surface area contributed by atoms with Gasteiger partial charge in [-0.2, -0.15) is 5.10 Å². The minimum Gasteiger partial charge on any atom is -0.493 e. The Labute approximate surface area is 125 Å². The molecular formula is C17H23N3O. The third-order valence-corrected chi connectivity index (χ3v) is 4.35. The van der Waals surface area contributed by atoms with Crippen LogP contribution >= 0.6 is 0 Å². The van der Waals surface area contributed by atoms with Gasteiger partial charge in [-0.1, -0.05) is 18.2 Å². The second kappa shape index (κ2) is 5.53. The molecule has 1 atom stereocenters. The monoisotopic (exact) mass is 285 g/mol. The molecule has 1 aliphatic rings. The SMILES string of the molecule is CCn1nc(C)cc1CC1(CN)COc2ccccc2C1. The largest absolute Gasteiger partial charge is 0.493 e. The first kappa shape index (κ1) is 14.1. The van der Waals surface area contributed by atoms with Crippen LogP contribution in [-0.2, 0) is 19.4 Å². The zero-order valence-electron chi connectivity index (χ0n) is 12.8. The van der Waals surface area contributed by atoms with E-state index in [0.29, 0.717) is 13.2 Å². The summed E-state index contributed by atoms with van der Waals surface area (Å²) < 4.78 is 8.05. The molecule has 0 amide bonds. The first-order valence-electron chi connectivity index (χ1n) is 7.60. The average Bonchev–Trinajstić information content (AvgIpc) is 2.86. The Bertz CT molecular complexity index is 635. The molecule has 1 aliphatic heterocycles. The Balaban J connectivity index is 1.88. The van der Waals surface area contributed by atoms with Gasteiger partial charge in [-0.15, -0.1) is 0 Å². The summed E-state index contributed by atoms with van der Waals surface area (Å²) in [5.74, 6) is 1.00. The summed E-state index contributed by atoms with van der Waals surface area (Å²) in [6, 6.07) is 10.4. The summed E-state index contributed by atoms with van der Waals surface area (Å²) in [5.41, 5.74) is 9.67. The van der Waals surface area contributed by atoms with Crippen LogP contribution < -0.4 is 10.5 Å². The molecule has 0 fully saturated rings. The molecule has 3 rings (SSSR count). The van der Waals surface area contributed by atoms with Gasteiger partial charge in [0.25, 0.3) is 0 Å². The zero-order chi connectivity index (χ0) is 14.9. The van der Waals surface area contributed by atoms with Gasteiger partial charge in [0.05, 0.1) is 12.3 Å². The lowest BCUT2D eigenvalue weighted by Crippen LogP contribution is -2.43. The summed E-state index contributed by atoms with van der Waals surface area (Å²) >= 11 is 0. The summed E-state index contributed by atoms with van der Waals surface area (Å²) in [5, 5.41) is 4.54. The van der Waals surface area contributed by atoms with Crippen molar-refractivity contribution in [3.05, 3.63) is 47.3 Å². The Morgan fingerprint density at radius 1 is 1.38 bits per heavy atom. The lowest BCUT2D eigenvalue weighted by atomic mass is 9.76. The van der Waals surface area contributed by atoms with Crippen molar-refractivity contribution < 1.29 is 4.74 Å². The van der Waals surface area contributed by atoms with E-state index in [-0.39, 0.29) is 5.41 Å². The minimum atomic E-state index is -0.0340. The van der Waals surface area contributed by atoms with Crippen LogP contribution in [0.5, 0.6) is 5.75 Å². The van der Waals surface area contributed by atoms with Crippen LogP contribution in [0, 0.1) is 12.3 Å². The molecule has 2 aromatic rings. The standard InChI is InChI=1S/C17H23N3O/c1-3-20-15(8-13(2)19-20)10-17(11-18)9-14-6-4-5-7-16(14)21-12-17/h4-8H,3,9-12,18H2,1-2H3. The smallest absolute Gasteiger partial charge is 0.122 e. The van der Waals surface area contributed by atoms with Crippen LogP contribution in [-0.4, -0.2) is 22.9 Å². The van der Waals surface area contributed by atoms with Crippen LogP contribution in [0.2, 0.25) is 0 Å². The van der Waals surface area contributed by atoms with Gasteiger partial charge in [0.2, 0.25) is 0 Å². The normalized spacial score (nSPS) is 20.9. The molecule has 1 aromatic carbocycles. The van der Waals surface area contributed by atoms with Crippen molar-refractivity contribution in [2.24, 2.45) is 11.1 Å². The fraction of sp³-hybridized carbons (Fsp3) is 0.471. The zero-order valence-corrected chi connectivity index (χ0v) is 12.8. The molecule has 112 valence electrons. The Hall–Kier alpha value is -1.81. The van der Waals surface area contributed by atoms with Crippen molar-refractivity contribution in [1.29, 1.82) is 0 Å². The second-order valence-electron chi connectivity index (χ2n) is 6.05. The van der Waals surface area contributed by atoms with Crippen LogP contribution in [0.4, 0.5) is 0 Å². The van der Waals surface area contributed by atoms with Gasteiger partial charge >= 0.3 is 0 Å². The maximum absolute atomic E-state index is 6.13. The van der Waals surface area contributed by atoms with Crippen LogP contribution in [0.15, 0.2) is 30.3 Å². The first-order valence-corrected chi connectivity index (χ1v) is 7.60. The number of aromatic nitrogens is 2. The van der Waals surface area contributed by atoms with E-state index in [4.69, 9.17) is 10.5 Å². The Morgan fingerprint density at radius 2 is 2.19 bits per heavy atom. The topological polar surface area (TPSA) is 53.1 Å². The third kappa shape index (κ3) is 2.68. The minimum absolute atomic E-state index is 0.0340. The van der Waals surface area contributed by atoms with E-state index in [9.17, 15) is 0 Å². The molecule has 0 bridgehead atoms. The van der Waals surface area contributed by atoms with Gasteiger partial charge in [-0.3, -0.25) is 4.68 Å². The molecule has 21 heavy (non-hydrogen) atoms. The van der Waals surface area contributed by atoms with E-state index in [1.54, 1.807) is 0 Å². The number of nitrogens with two attached hydrogens (primary N) is 1. The molecule has 0 aliphatic carbocycles. The van der Waals surface area contributed by atoms with E-state index in [1.807, 2.05) is 19.1 Å². The highest BCUT2D eigenvalue weighted by Gasteiger charge is 2.35. The van der Waals surface area contributed by atoms with Crippen molar-refractivity contribution in [3.63, 3.8) is 0 Å². The molecule has 1 aromatic heterocycles. The third-order valence-electron chi connectivity index (χ3n) is 4.35. The molecule has 2 N–H and O–H groups in total. The molecule has 1 unspecified atom stereocenters. The molecule has 4 heteroatoms. The summed E-state index contributed by atoms with van der Waals surface area (Å²) in [4.78, 5) is 0. The molecule has 0 saturated carbocycles. The first-order chi connectivity index (χ1) is 10.2. The highest BCUT2D eigenvalue weighted by molar-refractivity contribution is 5.36. The van der Waals surface area contributed by atoms with E-state index in [0.717, 1.165) is 30.8 Å². The van der Waals surface area contributed by atoms with Gasteiger partial charge in [0, 0.05) is 24.2 Å². The number of fused-ring (bicyclic) bond motifs is 1. The van der Waals surface area contributed by atoms with Gasteiger partial charge in [-0.25, -0.2) is 0 Å². The van der Waals surface area contributed by atoms with Crippen LogP contribution in [0.1, 0.15) is 23.9 Å². The van der Waals surface area contributed by atoms with E-state index in [1.165, 1.54) is 11.3 Å². The fourth-order valence-corrected chi connectivity index (χ4v) is 3.19. The predicted octanol–water partition coefficient (Wildman–Crippen LogP) is 2.33. The average molecular weight is 285 g/mol. The molecule has 0 spiro atoms. The van der Waals surface area contributed by atoms with E-state index in [2.05, 4.69) is 34.9 Å². The highest BCUT2D eigenvalue weighted by atomic mass is 16.5. The second-order valence-corrected chi connectivity index (χ2v) is 6.05. The van der Waals surface area contributed by atoms with E-state index >= 15 is 0 Å².